The van der Waals surface area contributed by atoms with E-state index in [4.69, 9.17) is 0 Å². The first-order valence-electron chi connectivity index (χ1n) is 7.14. The predicted molar refractivity (Wildman–Crippen MR) is 81.3 cm³/mol. The van der Waals surface area contributed by atoms with Crippen LogP contribution in [0.5, 0.6) is 0 Å². The Morgan fingerprint density at radius 1 is 1.26 bits per heavy atom. The van der Waals surface area contributed by atoms with Crippen molar-refractivity contribution in [3.05, 3.63) is 35.9 Å². The fourth-order valence-corrected chi connectivity index (χ4v) is 2.82. The lowest BCUT2D eigenvalue weighted by molar-refractivity contribution is 0.0722. The first-order chi connectivity index (χ1) is 8.96. The average molecular weight is 261 g/mol. The maximum atomic E-state index is 3.66. The Morgan fingerprint density at radius 2 is 1.95 bits per heavy atom. The maximum absolute atomic E-state index is 3.66. The molecule has 1 heterocycles. The van der Waals surface area contributed by atoms with Crippen LogP contribution in [0, 0.1) is 0 Å². The van der Waals surface area contributed by atoms with Crippen LogP contribution in [0.4, 0.5) is 0 Å². The second-order valence-electron chi connectivity index (χ2n) is 6.57. The number of nitrogens with one attached hydrogen (secondary N) is 1. The molecule has 0 amide bonds. The van der Waals surface area contributed by atoms with Gasteiger partial charge in [0.15, 0.2) is 0 Å². The summed E-state index contributed by atoms with van der Waals surface area (Å²) in [4.78, 5) is 4.90. The Morgan fingerprint density at radius 3 is 2.58 bits per heavy atom. The summed E-state index contributed by atoms with van der Waals surface area (Å²) >= 11 is 0. The molecule has 1 aromatic rings. The van der Waals surface area contributed by atoms with E-state index in [9.17, 15) is 0 Å². The van der Waals surface area contributed by atoms with Crippen molar-refractivity contribution in [2.24, 2.45) is 0 Å². The molecule has 0 radical (unpaired) electrons. The van der Waals surface area contributed by atoms with Crippen molar-refractivity contribution in [1.29, 1.82) is 0 Å². The van der Waals surface area contributed by atoms with Crippen LogP contribution in [-0.2, 0) is 6.54 Å². The molecular weight excluding hydrogens is 234 g/mol. The van der Waals surface area contributed by atoms with Crippen molar-refractivity contribution in [3.8, 4) is 0 Å². The van der Waals surface area contributed by atoms with Crippen LogP contribution in [0.3, 0.4) is 0 Å². The van der Waals surface area contributed by atoms with Gasteiger partial charge in [0.05, 0.1) is 0 Å². The van der Waals surface area contributed by atoms with Crippen LogP contribution in [0.25, 0.3) is 0 Å². The van der Waals surface area contributed by atoms with Gasteiger partial charge in [0.25, 0.3) is 0 Å². The van der Waals surface area contributed by atoms with Gasteiger partial charge in [0.1, 0.15) is 0 Å². The number of hydrogen-bond acceptors (Lipinski definition) is 3. The number of rotatable bonds is 4. The fraction of sp³-hybridized carbons (Fsp3) is 0.625. The van der Waals surface area contributed by atoms with Crippen molar-refractivity contribution in [2.45, 2.75) is 32.0 Å². The van der Waals surface area contributed by atoms with Crippen molar-refractivity contribution in [2.75, 3.05) is 33.7 Å². The lowest BCUT2D eigenvalue weighted by Crippen LogP contribution is -2.63. The monoisotopic (exact) mass is 261 g/mol. The van der Waals surface area contributed by atoms with Gasteiger partial charge in [-0.1, -0.05) is 30.3 Å². The second kappa shape index (κ2) is 6.04. The summed E-state index contributed by atoms with van der Waals surface area (Å²) in [7, 11) is 4.31. The number of benzene rings is 1. The quantitative estimate of drug-likeness (QED) is 0.891. The van der Waals surface area contributed by atoms with E-state index in [1.165, 1.54) is 5.56 Å². The molecule has 1 N–H and O–H groups in total. The van der Waals surface area contributed by atoms with Gasteiger partial charge in [0, 0.05) is 37.8 Å². The van der Waals surface area contributed by atoms with Gasteiger partial charge >= 0.3 is 0 Å². The van der Waals surface area contributed by atoms with E-state index in [1.807, 2.05) is 0 Å². The predicted octanol–water partition coefficient (Wildman–Crippen LogP) is 1.80. The summed E-state index contributed by atoms with van der Waals surface area (Å²) in [5, 5.41) is 3.66. The van der Waals surface area contributed by atoms with Gasteiger partial charge in [-0.2, -0.15) is 0 Å². The molecule has 1 aliphatic heterocycles. The number of nitrogens with zero attached hydrogens (tertiary/aromatic N) is 2. The van der Waals surface area contributed by atoms with Crippen molar-refractivity contribution >= 4 is 0 Å². The lowest BCUT2D eigenvalue weighted by atomic mass is 9.97. The number of hydrogen-bond donors (Lipinski definition) is 1. The molecule has 3 nitrogen and oxygen atoms in total. The Kier molecular flexibility index (Phi) is 4.61. The third kappa shape index (κ3) is 4.30. The molecular formula is C16H27N3. The zero-order chi connectivity index (χ0) is 13.9. The summed E-state index contributed by atoms with van der Waals surface area (Å²) in [6.45, 7) is 8.90. The Labute approximate surface area is 117 Å². The third-order valence-electron chi connectivity index (χ3n) is 3.74. The van der Waals surface area contributed by atoms with E-state index in [1.54, 1.807) is 0 Å². The van der Waals surface area contributed by atoms with Gasteiger partial charge in [-0.05, 0) is 33.5 Å². The Hall–Kier alpha value is -0.900. The number of piperazine rings is 1. The van der Waals surface area contributed by atoms with Crippen LogP contribution >= 0.6 is 0 Å². The molecule has 19 heavy (non-hydrogen) atoms. The van der Waals surface area contributed by atoms with Gasteiger partial charge in [-0.15, -0.1) is 0 Å². The molecule has 0 aliphatic carbocycles. The molecule has 1 fully saturated rings. The van der Waals surface area contributed by atoms with Gasteiger partial charge < -0.3 is 10.2 Å². The van der Waals surface area contributed by atoms with Crippen LogP contribution in [0.2, 0.25) is 0 Å². The lowest BCUT2D eigenvalue weighted by Gasteiger charge is -2.45. The van der Waals surface area contributed by atoms with E-state index in [0.29, 0.717) is 6.04 Å². The normalized spacial score (nSPS) is 23.7. The highest BCUT2D eigenvalue weighted by atomic mass is 15.3. The molecule has 1 aliphatic rings. The summed E-state index contributed by atoms with van der Waals surface area (Å²) in [5.41, 5.74) is 1.61. The molecule has 0 bridgehead atoms. The molecule has 1 saturated heterocycles. The minimum atomic E-state index is 0.206. The Bertz CT molecular complexity index is 386. The highest BCUT2D eigenvalue weighted by molar-refractivity contribution is 5.15. The fourth-order valence-electron chi connectivity index (χ4n) is 2.82. The van der Waals surface area contributed by atoms with Crippen LogP contribution in [0.1, 0.15) is 19.4 Å². The molecule has 3 heteroatoms. The topological polar surface area (TPSA) is 18.5 Å². The summed E-state index contributed by atoms with van der Waals surface area (Å²) in [6, 6.07) is 11.4. The smallest absolute Gasteiger partial charge is 0.0352 e. The van der Waals surface area contributed by atoms with Crippen molar-refractivity contribution < 1.29 is 0 Å². The SMILES string of the molecule is CN(C)CC1CNC(C)(C)CN1Cc1ccccc1. The van der Waals surface area contributed by atoms with Gasteiger partial charge in [0.2, 0.25) is 0 Å². The molecule has 2 rings (SSSR count). The minimum absolute atomic E-state index is 0.206. The second-order valence-corrected chi connectivity index (χ2v) is 6.57. The minimum Gasteiger partial charge on any atom is -0.309 e. The average Bonchev–Trinajstić information content (AvgIpc) is 2.33. The summed E-state index contributed by atoms with van der Waals surface area (Å²) < 4.78 is 0. The van der Waals surface area contributed by atoms with E-state index in [-0.39, 0.29) is 5.54 Å². The van der Waals surface area contributed by atoms with E-state index >= 15 is 0 Å². The summed E-state index contributed by atoms with van der Waals surface area (Å²) in [5.74, 6) is 0. The molecule has 1 unspecified atom stereocenters. The highest BCUT2D eigenvalue weighted by Crippen LogP contribution is 2.18. The van der Waals surface area contributed by atoms with E-state index in [2.05, 4.69) is 73.4 Å². The van der Waals surface area contributed by atoms with Crippen LogP contribution in [-0.4, -0.2) is 55.1 Å². The highest BCUT2D eigenvalue weighted by Gasteiger charge is 2.32. The maximum Gasteiger partial charge on any atom is 0.0352 e. The van der Waals surface area contributed by atoms with Crippen molar-refractivity contribution in [3.63, 3.8) is 0 Å². The van der Waals surface area contributed by atoms with Gasteiger partial charge in [-0.25, -0.2) is 0 Å². The molecule has 0 aromatic heterocycles. The third-order valence-corrected chi connectivity index (χ3v) is 3.74. The molecule has 106 valence electrons. The summed E-state index contributed by atoms with van der Waals surface area (Å²) in [6.07, 6.45) is 0. The Balaban J connectivity index is 2.07. The standard InChI is InChI=1S/C16H27N3/c1-16(2)13-19(11-14-8-6-5-7-9-14)15(10-17-16)12-18(3)4/h5-9,15,17H,10-13H2,1-4H3. The van der Waals surface area contributed by atoms with E-state index < -0.39 is 0 Å². The van der Waals surface area contributed by atoms with Crippen LogP contribution in [0.15, 0.2) is 30.3 Å². The zero-order valence-corrected chi connectivity index (χ0v) is 12.7. The van der Waals surface area contributed by atoms with E-state index in [0.717, 1.165) is 26.2 Å². The first kappa shape index (κ1) is 14.5. The largest absolute Gasteiger partial charge is 0.309 e. The molecule has 0 spiro atoms. The number of likely N-dealkylation sites (N-methyl/N-ethyl adjacent to an activating group) is 1. The zero-order valence-electron chi connectivity index (χ0n) is 12.7. The first-order valence-corrected chi connectivity index (χ1v) is 7.14. The molecule has 0 saturated carbocycles. The molecule has 1 aromatic carbocycles. The molecule has 1 atom stereocenters. The van der Waals surface area contributed by atoms with Crippen LogP contribution < -0.4 is 5.32 Å². The van der Waals surface area contributed by atoms with Gasteiger partial charge in [-0.3, -0.25) is 4.90 Å². The van der Waals surface area contributed by atoms with Crippen molar-refractivity contribution in [1.82, 2.24) is 15.1 Å².